The number of carboxylic acids is 1. The molecule has 2 fully saturated rings. The summed E-state index contributed by atoms with van der Waals surface area (Å²) >= 11 is 1.28. The van der Waals surface area contributed by atoms with E-state index < -0.39 is 21.4 Å². The summed E-state index contributed by atoms with van der Waals surface area (Å²) in [7, 11) is -3.77. The first-order chi connectivity index (χ1) is 11.9. The number of fused-ring (bicyclic) bond motifs is 1. The van der Waals surface area contributed by atoms with Gasteiger partial charge in [-0.3, -0.25) is 4.79 Å². The zero-order valence-electron chi connectivity index (χ0n) is 13.5. The summed E-state index contributed by atoms with van der Waals surface area (Å²) in [4.78, 5) is 16.1. The Labute approximate surface area is 150 Å². The Hall–Kier alpha value is -1.77. The van der Waals surface area contributed by atoms with Gasteiger partial charge in [-0.25, -0.2) is 13.4 Å². The van der Waals surface area contributed by atoms with Crippen LogP contribution in [0, 0.1) is 11.3 Å². The van der Waals surface area contributed by atoms with E-state index in [4.69, 9.17) is 0 Å². The highest BCUT2D eigenvalue weighted by Gasteiger charge is 2.57. The van der Waals surface area contributed by atoms with Crippen LogP contribution in [0.2, 0.25) is 0 Å². The molecule has 2 heterocycles. The molecule has 0 amide bonds. The molecule has 1 aromatic carbocycles. The molecule has 8 heteroatoms. The normalized spacial score (nSPS) is 26.6. The van der Waals surface area contributed by atoms with Crippen molar-refractivity contribution in [2.75, 3.05) is 13.1 Å². The van der Waals surface area contributed by atoms with Gasteiger partial charge < -0.3 is 5.11 Å². The van der Waals surface area contributed by atoms with Gasteiger partial charge in [-0.2, -0.15) is 4.31 Å². The van der Waals surface area contributed by atoms with E-state index >= 15 is 0 Å². The minimum Gasteiger partial charge on any atom is -0.481 e. The molecular weight excluding hydrogens is 360 g/mol. The molecule has 2 aliphatic rings. The monoisotopic (exact) mass is 378 g/mol. The van der Waals surface area contributed by atoms with Crippen molar-refractivity contribution in [1.82, 2.24) is 9.29 Å². The second kappa shape index (κ2) is 5.89. The van der Waals surface area contributed by atoms with Crippen molar-refractivity contribution in [3.63, 3.8) is 0 Å². The largest absolute Gasteiger partial charge is 0.481 e. The number of nitrogens with zero attached hydrogens (tertiary/aromatic N) is 2. The smallest absolute Gasteiger partial charge is 0.311 e. The Morgan fingerprint density at radius 1 is 1.32 bits per heavy atom. The summed E-state index contributed by atoms with van der Waals surface area (Å²) in [5.41, 5.74) is -0.0556. The molecular formula is C17H18N2O4S2. The maximum Gasteiger partial charge on any atom is 0.311 e. The molecule has 2 aromatic rings. The van der Waals surface area contributed by atoms with Crippen LogP contribution in [0.3, 0.4) is 0 Å². The molecule has 0 spiro atoms. The van der Waals surface area contributed by atoms with Crippen molar-refractivity contribution >= 4 is 27.3 Å². The van der Waals surface area contributed by atoms with Gasteiger partial charge in [0.1, 0.15) is 5.01 Å². The summed E-state index contributed by atoms with van der Waals surface area (Å²) in [6.45, 7) is 0.320. The number of carbonyl (C=O) groups is 1. The first-order valence-electron chi connectivity index (χ1n) is 8.18. The lowest BCUT2D eigenvalue weighted by Gasteiger charge is -2.22. The molecule has 1 saturated heterocycles. The maximum atomic E-state index is 13.0. The third kappa shape index (κ3) is 2.59. The quantitative estimate of drug-likeness (QED) is 0.884. The van der Waals surface area contributed by atoms with E-state index in [1.54, 1.807) is 5.38 Å². The zero-order valence-corrected chi connectivity index (χ0v) is 15.1. The number of aromatic nitrogens is 1. The first-order valence-corrected chi connectivity index (χ1v) is 10.5. The fourth-order valence-electron chi connectivity index (χ4n) is 4.00. The van der Waals surface area contributed by atoms with Gasteiger partial charge in [0.2, 0.25) is 0 Å². The number of hydrogen-bond donors (Lipinski definition) is 1. The Bertz CT molecular complexity index is 910. The Kier molecular flexibility index (Phi) is 3.93. The van der Waals surface area contributed by atoms with Crippen molar-refractivity contribution in [1.29, 1.82) is 0 Å². The van der Waals surface area contributed by atoms with Crippen LogP contribution in [0.1, 0.15) is 19.3 Å². The number of hydrogen-bond acceptors (Lipinski definition) is 5. The lowest BCUT2D eigenvalue weighted by Crippen LogP contribution is -2.37. The number of thiazole rings is 1. The van der Waals surface area contributed by atoms with E-state index in [2.05, 4.69) is 4.98 Å². The van der Waals surface area contributed by atoms with Crippen LogP contribution in [0.15, 0.2) is 40.7 Å². The van der Waals surface area contributed by atoms with Crippen LogP contribution >= 0.6 is 11.3 Å². The highest BCUT2D eigenvalue weighted by Crippen LogP contribution is 2.50. The van der Waals surface area contributed by atoms with Gasteiger partial charge in [0.15, 0.2) is 5.03 Å². The SMILES string of the molecule is O=C(O)[C@@]12CCC[C@H]1CN(S(=O)(=O)c1csc(-c3ccccc3)n1)C2. The fourth-order valence-corrected chi connectivity index (χ4v) is 6.62. The molecule has 4 rings (SSSR count). The molecule has 0 bridgehead atoms. The third-order valence-electron chi connectivity index (χ3n) is 5.37. The second-order valence-electron chi connectivity index (χ2n) is 6.70. The molecule has 0 radical (unpaired) electrons. The van der Waals surface area contributed by atoms with Gasteiger partial charge >= 0.3 is 5.97 Å². The van der Waals surface area contributed by atoms with Crippen LogP contribution in [-0.2, 0) is 14.8 Å². The molecule has 6 nitrogen and oxygen atoms in total. The van der Waals surface area contributed by atoms with Gasteiger partial charge in [0.25, 0.3) is 10.0 Å². The van der Waals surface area contributed by atoms with Crippen LogP contribution in [-0.4, -0.2) is 41.9 Å². The van der Waals surface area contributed by atoms with Crippen molar-refractivity contribution in [3.05, 3.63) is 35.7 Å². The molecule has 1 N–H and O–H groups in total. The molecule has 2 atom stereocenters. The lowest BCUT2D eigenvalue weighted by atomic mass is 9.81. The molecule has 132 valence electrons. The van der Waals surface area contributed by atoms with Gasteiger partial charge in [-0.1, -0.05) is 36.8 Å². The fraction of sp³-hybridized carbons (Fsp3) is 0.412. The first kappa shape index (κ1) is 16.7. The minimum atomic E-state index is -3.77. The highest BCUT2D eigenvalue weighted by atomic mass is 32.2. The lowest BCUT2D eigenvalue weighted by molar-refractivity contribution is -0.149. The number of sulfonamides is 1. The Morgan fingerprint density at radius 3 is 2.76 bits per heavy atom. The van der Waals surface area contributed by atoms with Gasteiger partial charge in [0, 0.05) is 24.0 Å². The van der Waals surface area contributed by atoms with E-state index in [0.717, 1.165) is 18.4 Å². The number of benzene rings is 1. The zero-order chi connectivity index (χ0) is 17.7. The van der Waals surface area contributed by atoms with Crippen molar-refractivity contribution < 1.29 is 18.3 Å². The van der Waals surface area contributed by atoms with E-state index in [1.165, 1.54) is 15.6 Å². The molecule has 0 unspecified atom stereocenters. The van der Waals surface area contributed by atoms with E-state index in [9.17, 15) is 18.3 Å². The van der Waals surface area contributed by atoms with Crippen LogP contribution in [0.25, 0.3) is 10.6 Å². The number of carboxylic acid groups (broad SMARTS) is 1. The van der Waals surface area contributed by atoms with E-state index in [0.29, 0.717) is 11.4 Å². The molecule has 1 aromatic heterocycles. The van der Waals surface area contributed by atoms with E-state index in [-0.39, 0.29) is 24.0 Å². The highest BCUT2D eigenvalue weighted by molar-refractivity contribution is 7.89. The summed E-state index contributed by atoms with van der Waals surface area (Å²) in [6, 6.07) is 9.42. The topological polar surface area (TPSA) is 87.6 Å². The van der Waals surface area contributed by atoms with Crippen LogP contribution < -0.4 is 0 Å². The average molecular weight is 378 g/mol. The summed E-state index contributed by atoms with van der Waals surface area (Å²) < 4.78 is 27.2. The Morgan fingerprint density at radius 2 is 2.08 bits per heavy atom. The molecule has 25 heavy (non-hydrogen) atoms. The van der Waals surface area contributed by atoms with Crippen LogP contribution in [0.5, 0.6) is 0 Å². The maximum absolute atomic E-state index is 13.0. The predicted molar refractivity (Wildman–Crippen MR) is 93.7 cm³/mol. The van der Waals surface area contributed by atoms with Crippen molar-refractivity contribution in [3.8, 4) is 10.6 Å². The number of rotatable bonds is 4. The minimum absolute atomic E-state index is 0.0110. The number of aliphatic carboxylic acids is 1. The van der Waals surface area contributed by atoms with Gasteiger partial charge in [0.05, 0.1) is 5.41 Å². The van der Waals surface area contributed by atoms with E-state index in [1.807, 2.05) is 30.3 Å². The summed E-state index contributed by atoms with van der Waals surface area (Å²) in [5.74, 6) is -0.983. The molecule has 1 aliphatic heterocycles. The second-order valence-corrected chi connectivity index (χ2v) is 9.45. The van der Waals surface area contributed by atoms with Crippen molar-refractivity contribution in [2.45, 2.75) is 24.3 Å². The Balaban J connectivity index is 1.63. The third-order valence-corrected chi connectivity index (χ3v) is 8.11. The summed E-state index contributed by atoms with van der Waals surface area (Å²) in [6.07, 6.45) is 2.16. The average Bonchev–Trinajstić information content (AvgIpc) is 3.29. The van der Waals surface area contributed by atoms with Crippen LogP contribution in [0.4, 0.5) is 0 Å². The molecule has 1 saturated carbocycles. The van der Waals surface area contributed by atoms with Gasteiger partial charge in [-0.05, 0) is 18.8 Å². The molecule has 1 aliphatic carbocycles. The van der Waals surface area contributed by atoms with Gasteiger partial charge in [-0.15, -0.1) is 11.3 Å². The standard InChI is InChI=1S/C17H18N2O4S2/c20-16(21)17-8-4-7-13(17)9-19(11-17)25(22,23)14-10-24-15(18-14)12-5-2-1-3-6-12/h1-3,5-6,10,13H,4,7-9,11H2,(H,20,21)/t13-,17+/m0/s1. The predicted octanol–water partition coefficient (Wildman–Crippen LogP) is 2.69. The summed E-state index contributed by atoms with van der Waals surface area (Å²) in [5, 5.41) is 11.8. The van der Waals surface area contributed by atoms with Crippen molar-refractivity contribution in [2.24, 2.45) is 11.3 Å².